The molecular formula is C74H43N7. The first-order chi connectivity index (χ1) is 40.2. The molecule has 0 fully saturated rings. The van der Waals surface area contributed by atoms with Crippen molar-refractivity contribution in [1.82, 2.24) is 22.8 Å². The Morgan fingerprint density at radius 3 is 1.12 bits per heavy atom. The van der Waals surface area contributed by atoms with E-state index >= 15 is 0 Å². The molecule has 17 aromatic rings. The van der Waals surface area contributed by atoms with E-state index in [2.05, 4.69) is 272 Å². The van der Waals surface area contributed by atoms with Gasteiger partial charge in [-0.05, 0) is 102 Å². The Morgan fingerprint density at radius 2 is 0.630 bits per heavy atom. The molecule has 0 bridgehead atoms. The first kappa shape index (κ1) is 44.7. The molecule has 0 aliphatic rings. The van der Waals surface area contributed by atoms with Gasteiger partial charge in [0.2, 0.25) is 0 Å². The lowest BCUT2D eigenvalue weighted by Crippen LogP contribution is -2.06. The fourth-order valence-electron chi connectivity index (χ4n) is 13.8. The molecule has 0 spiro atoms. The van der Waals surface area contributed by atoms with Gasteiger partial charge >= 0.3 is 0 Å². The van der Waals surface area contributed by atoms with E-state index in [-0.39, 0.29) is 0 Å². The normalized spacial score (nSPS) is 11.9. The zero-order valence-electron chi connectivity index (χ0n) is 43.5. The van der Waals surface area contributed by atoms with E-state index in [9.17, 15) is 10.5 Å². The first-order valence-electron chi connectivity index (χ1n) is 27.3. The van der Waals surface area contributed by atoms with Crippen molar-refractivity contribution >= 4 is 109 Å². The number of nitrogens with zero attached hydrogens (tertiary/aromatic N) is 7. The van der Waals surface area contributed by atoms with Gasteiger partial charge in [-0.25, -0.2) is 0 Å². The van der Waals surface area contributed by atoms with Crippen LogP contribution in [0.4, 0.5) is 0 Å². The molecule has 5 heterocycles. The molecule has 0 saturated heterocycles. The van der Waals surface area contributed by atoms with Crippen LogP contribution in [-0.2, 0) is 0 Å². The Morgan fingerprint density at radius 1 is 0.259 bits per heavy atom. The Balaban J connectivity index is 1.11. The monoisotopic (exact) mass is 1030 g/mol. The summed E-state index contributed by atoms with van der Waals surface area (Å²) in [5, 5.41) is 34.3. The Labute approximate surface area is 463 Å². The third kappa shape index (κ3) is 6.09. The molecule has 0 amide bonds. The summed E-state index contributed by atoms with van der Waals surface area (Å²) < 4.78 is 12.0. The van der Waals surface area contributed by atoms with E-state index in [0.29, 0.717) is 22.5 Å². The summed E-state index contributed by atoms with van der Waals surface area (Å²) in [6, 6.07) is 97.5. The highest BCUT2D eigenvalue weighted by molar-refractivity contribution is 6.40. The van der Waals surface area contributed by atoms with E-state index in [1.165, 1.54) is 0 Å². The van der Waals surface area contributed by atoms with Crippen molar-refractivity contribution in [2.45, 2.75) is 0 Å². The second kappa shape index (κ2) is 17.1. The van der Waals surface area contributed by atoms with Crippen LogP contribution in [0.15, 0.2) is 261 Å². The molecule has 0 atom stereocenters. The third-order valence-electron chi connectivity index (χ3n) is 16.9. The van der Waals surface area contributed by atoms with Crippen molar-refractivity contribution in [2.24, 2.45) is 0 Å². The molecule has 0 radical (unpaired) electrons. The van der Waals surface area contributed by atoms with E-state index in [1.54, 1.807) is 0 Å². The molecule has 0 N–H and O–H groups in total. The Hall–Kier alpha value is -11.4. The lowest BCUT2D eigenvalue weighted by atomic mass is 9.96. The van der Waals surface area contributed by atoms with Crippen molar-refractivity contribution in [1.29, 1.82) is 10.5 Å². The molecule has 5 aromatic heterocycles. The van der Waals surface area contributed by atoms with Gasteiger partial charge in [-0.1, -0.05) is 170 Å². The Bertz CT molecular complexity index is 5530. The first-order valence-corrected chi connectivity index (χ1v) is 27.3. The van der Waals surface area contributed by atoms with Crippen LogP contribution >= 0.6 is 0 Å². The minimum atomic E-state index is 0.492. The second-order valence-electron chi connectivity index (χ2n) is 21.0. The molecule has 0 aliphatic carbocycles. The van der Waals surface area contributed by atoms with Gasteiger partial charge < -0.3 is 22.8 Å². The van der Waals surface area contributed by atoms with Gasteiger partial charge in [0.25, 0.3) is 0 Å². The highest BCUT2D eigenvalue weighted by atomic mass is 15.1. The summed E-state index contributed by atoms with van der Waals surface area (Å²) in [6.07, 6.45) is 0. The minimum Gasteiger partial charge on any atom is -0.309 e. The van der Waals surface area contributed by atoms with Gasteiger partial charge in [0.15, 0.2) is 0 Å². The summed E-state index contributed by atoms with van der Waals surface area (Å²) in [6.45, 7) is 0. The number of benzene rings is 12. The van der Waals surface area contributed by atoms with Crippen molar-refractivity contribution in [3.05, 3.63) is 272 Å². The number of nitriles is 2. The van der Waals surface area contributed by atoms with Crippen LogP contribution in [0.1, 0.15) is 11.1 Å². The maximum absolute atomic E-state index is 12.4. The molecule has 81 heavy (non-hydrogen) atoms. The summed E-state index contributed by atoms with van der Waals surface area (Å²) in [4.78, 5) is 0. The molecule has 12 aromatic carbocycles. The predicted octanol–water partition coefficient (Wildman–Crippen LogP) is 18.6. The maximum atomic E-state index is 12.4. The van der Waals surface area contributed by atoms with Crippen molar-refractivity contribution in [3.63, 3.8) is 0 Å². The molecule has 17 rings (SSSR count). The molecule has 0 aliphatic heterocycles. The van der Waals surface area contributed by atoms with E-state index < -0.39 is 0 Å². The fourth-order valence-corrected chi connectivity index (χ4v) is 13.8. The van der Waals surface area contributed by atoms with Crippen LogP contribution in [0.5, 0.6) is 0 Å². The van der Waals surface area contributed by atoms with E-state index in [1.807, 2.05) is 24.3 Å². The SMILES string of the molecule is N#Cc1ccccc1-c1cc(-n2c3ccccc3c3c2ccc2c4ccccc4n(-c4ccccc4)c23)c(C#N)c(-n2c3ccccc3c3c4c(c5ccccc5n4-c4ccccc4)c4c(c5ccccc5n4-c4ccccc4)c32)c1. The minimum absolute atomic E-state index is 0.492. The van der Waals surface area contributed by atoms with Crippen molar-refractivity contribution < 1.29 is 0 Å². The summed E-state index contributed by atoms with van der Waals surface area (Å²) in [5.41, 5.74) is 17.6. The van der Waals surface area contributed by atoms with Gasteiger partial charge in [-0.15, -0.1) is 0 Å². The van der Waals surface area contributed by atoms with Crippen LogP contribution in [0.2, 0.25) is 0 Å². The number of hydrogen-bond donors (Lipinski definition) is 0. The van der Waals surface area contributed by atoms with Crippen LogP contribution in [-0.4, -0.2) is 22.8 Å². The standard InChI is InChI=1S/C74H43N7/c75-44-46-22-10-11-29-51(46)47-42-65(80-62-38-20-13-31-54(62)67-64(80)41-40-53-52-30-12-17-35-59(52)77(71(53)67)48-23-4-1-5-24-48)58(45-76)66(43-47)81-63-39-21-16-34-57(63)70-73-68(55-32-14-18-36-60(55)78(73)49-25-6-2-7-26-49)72-69(74(70)81)56-33-15-19-37-61(56)79(72)50-27-8-3-9-28-50/h1-43H. The van der Waals surface area contributed by atoms with Crippen LogP contribution in [0, 0.1) is 22.7 Å². The molecular weight excluding hydrogens is 987 g/mol. The van der Waals surface area contributed by atoms with Gasteiger partial charge in [-0.2, -0.15) is 10.5 Å². The zero-order chi connectivity index (χ0) is 53.4. The van der Waals surface area contributed by atoms with Crippen LogP contribution in [0.3, 0.4) is 0 Å². The number of aromatic nitrogens is 5. The number of rotatable bonds is 6. The third-order valence-corrected chi connectivity index (χ3v) is 16.9. The summed E-state index contributed by atoms with van der Waals surface area (Å²) in [7, 11) is 0. The average Bonchev–Trinajstić information content (AvgIpc) is 4.39. The largest absolute Gasteiger partial charge is 0.309 e. The number of para-hydroxylation sites is 8. The molecule has 0 saturated carbocycles. The Kier molecular flexibility index (Phi) is 9.42. The lowest BCUT2D eigenvalue weighted by Gasteiger charge is -2.19. The molecule has 7 heteroatoms. The zero-order valence-corrected chi connectivity index (χ0v) is 43.5. The number of fused-ring (bicyclic) bond motifs is 19. The average molecular weight is 1030 g/mol. The van der Waals surface area contributed by atoms with E-state index in [0.717, 1.165) is 137 Å². The highest BCUT2D eigenvalue weighted by Crippen LogP contribution is 2.52. The highest BCUT2D eigenvalue weighted by Gasteiger charge is 2.31. The molecule has 0 unspecified atom stereocenters. The van der Waals surface area contributed by atoms with Gasteiger partial charge in [0.1, 0.15) is 11.6 Å². The van der Waals surface area contributed by atoms with E-state index in [4.69, 9.17) is 0 Å². The lowest BCUT2D eigenvalue weighted by molar-refractivity contribution is 1.12. The maximum Gasteiger partial charge on any atom is 0.104 e. The van der Waals surface area contributed by atoms with Crippen LogP contribution < -0.4 is 0 Å². The quantitative estimate of drug-likeness (QED) is 0.166. The second-order valence-corrected chi connectivity index (χ2v) is 21.0. The fraction of sp³-hybridized carbons (Fsp3) is 0. The smallest absolute Gasteiger partial charge is 0.104 e. The predicted molar refractivity (Wildman–Crippen MR) is 333 cm³/mol. The van der Waals surface area contributed by atoms with Gasteiger partial charge in [-0.3, -0.25) is 0 Å². The van der Waals surface area contributed by atoms with Crippen molar-refractivity contribution in [3.8, 4) is 51.7 Å². The van der Waals surface area contributed by atoms with Gasteiger partial charge in [0.05, 0.1) is 78.2 Å². The summed E-state index contributed by atoms with van der Waals surface area (Å²) in [5.74, 6) is 0. The van der Waals surface area contributed by atoms with Gasteiger partial charge in [0, 0.05) is 70.9 Å². The number of hydrogen-bond acceptors (Lipinski definition) is 2. The topological polar surface area (TPSA) is 72.2 Å². The molecule has 374 valence electrons. The van der Waals surface area contributed by atoms with Crippen molar-refractivity contribution in [2.75, 3.05) is 0 Å². The van der Waals surface area contributed by atoms with Crippen LogP contribution in [0.25, 0.3) is 149 Å². The molecule has 7 nitrogen and oxygen atoms in total. The summed E-state index contributed by atoms with van der Waals surface area (Å²) >= 11 is 0.